The SMILES string of the molecule is O=C(Nc1ccccc1)/C(=N/Nc1ccc([N+](=O)[O-])cc1[N+](=O)[O-])c1c[nH]c2ccccc12. The normalized spacial score (nSPS) is 11.2. The quantitative estimate of drug-likeness (QED) is 0.217. The largest absolute Gasteiger partial charge is 0.360 e. The van der Waals surface area contributed by atoms with Crippen molar-refractivity contribution in [1.29, 1.82) is 0 Å². The van der Waals surface area contributed by atoms with E-state index in [1.54, 1.807) is 48.7 Å². The summed E-state index contributed by atoms with van der Waals surface area (Å²) in [7, 11) is 0. The van der Waals surface area contributed by atoms with Gasteiger partial charge in [0, 0.05) is 34.4 Å². The van der Waals surface area contributed by atoms with Crippen LogP contribution in [-0.4, -0.2) is 26.4 Å². The fraction of sp³-hybridized carbons (Fsp3) is 0. The number of rotatable bonds is 7. The summed E-state index contributed by atoms with van der Waals surface area (Å²) in [6.07, 6.45) is 1.61. The molecule has 1 amide bonds. The molecule has 4 rings (SSSR count). The number of nitrogens with one attached hydrogen (secondary N) is 3. The van der Waals surface area contributed by atoms with Crippen molar-refractivity contribution in [2.45, 2.75) is 0 Å². The van der Waals surface area contributed by atoms with Gasteiger partial charge in [-0.3, -0.25) is 30.4 Å². The Morgan fingerprint density at radius 3 is 2.36 bits per heavy atom. The molecule has 0 atom stereocenters. The first-order chi connectivity index (χ1) is 15.9. The molecule has 0 radical (unpaired) electrons. The van der Waals surface area contributed by atoms with Crippen LogP contribution in [0.15, 0.2) is 84.1 Å². The van der Waals surface area contributed by atoms with Crippen molar-refractivity contribution in [3.63, 3.8) is 0 Å². The standard InChI is InChI=1S/C22H16N6O5/c29-22(24-14-6-2-1-3-7-14)21(17-13-23-18-9-5-4-8-16(17)18)26-25-19-11-10-15(27(30)31)12-20(19)28(32)33/h1-13,23,25H,(H,24,29)/b26-21+. The van der Waals surface area contributed by atoms with E-state index in [2.05, 4.69) is 20.8 Å². The lowest BCUT2D eigenvalue weighted by Crippen LogP contribution is -2.25. The van der Waals surface area contributed by atoms with Crippen LogP contribution in [0.1, 0.15) is 5.56 Å². The smallest absolute Gasteiger partial charge is 0.301 e. The summed E-state index contributed by atoms with van der Waals surface area (Å²) in [4.78, 5) is 37.1. The summed E-state index contributed by atoms with van der Waals surface area (Å²) in [6, 6.07) is 19.1. The molecule has 0 spiro atoms. The van der Waals surface area contributed by atoms with Gasteiger partial charge in [0.1, 0.15) is 5.69 Å². The van der Waals surface area contributed by atoms with Crippen LogP contribution < -0.4 is 10.7 Å². The monoisotopic (exact) mass is 444 g/mol. The number of benzene rings is 3. The summed E-state index contributed by atoms with van der Waals surface area (Å²) < 4.78 is 0. The Hall–Kier alpha value is -5.06. The number of anilines is 2. The fourth-order valence-electron chi connectivity index (χ4n) is 3.21. The Morgan fingerprint density at radius 2 is 1.64 bits per heavy atom. The number of non-ortho nitro benzene ring substituents is 1. The van der Waals surface area contributed by atoms with Crippen molar-refractivity contribution in [2.75, 3.05) is 10.7 Å². The van der Waals surface area contributed by atoms with Crippen LogP contribution in [0.4, 0.5) is 22.7 Å². The maximum atomic E-state index is 13.1. The lowest BCUT2D eigenvalue weighted by Gasteiger charge is -2.09. The van der Waals surface area contributed by atoms with Gasteiger partial charge in [-0.25, -0.2) is 0 Å². The predicted molar refractivity (Wildman–Crippen MR) is 123 cm³/mol. The van der Waals surface area contributed by atoms with Gasteiger partial charge in [0.05, 0.1) is 15.9 Å². The van der Waals surface area contributed by atoms with Gasteiger partial charge in [0.15, 0.2) is 5.71 Å². The molecular formula is C22H16N6O5. The molecule has 3 N–H and O–H groups in total. The second-order valence-electron chi connectivity index (χ2n) is 6.86. The van der Waals surface area contributed by atoms with E-state index < -0.39 is 27.1 Å². The van der Waals surface area contributed by atoms with Crippen LogP contribution in [0, 0.1) is 20.2 Å². The number of nitrogens with zero attached hydrogens (tertiary/aromatic N) is 3. The number of hydrogen-bond acceptors (Lipinski definition) is 7. The predicted octanol–water partition coefficient (Wildman–Crippen LogP) is 4.44. The zero-order chi connectivity index (χ0) is 23.4. The molecule has 0 unspecified atom stereocenters. The third-order valence-electron chi connectivity index (χ3n) is 4.77. The molecule has 0 bridgehead atoms. The van der Waals surface area contributed by atoms with Gasteiger partial charge in [-0.2, -0.15) is 5.10 Å². The number of fused-ring (bicyclic) bond motifs is 1. The number of aromatic amines is 1. The van der Waals surface area contributed by atoms with Gasteiger partial charge in [-0.05, 0) is 24.3 Å². The molecule has 164 valence electrons. The van der Waals surface area contributed by atoms with E-state index in [9.17, 15) is 25.0 Å². The number of hydrogen-bond donors (Lipinski definition) is 3. The van der Waals surface area contributed by atoms with Crippen LogP contribution in [0.25, 0.3) is 10.9 Å². The summed E-state index contributed by atoms with van der Waals surface area (Å²) in [5.41, 5.74) is 3.19. The number of carbonyl (C=O) groups is 1. The van der Waals surface area contributed by atoms with E-state index in [0.717, 1.165) is 23.0 Å². The van der Waals surface area contributed by atoms with E-state index in [1.165, 1.54) is 6.07 Å². The molecule has 1 aromatic heterocycles. The molecule has 33 heavy (non-hydrogen) atoms. The van der Waals surface area contributed by atoms with Gasteiger partial charge in [0.25, 0.3) is 11.6 Å². The summed E-state index contributed by atoms with van der Waals surface area (Å²) in [5, 5.41) is 30.0. The van der Waals surface area contributed by atoms with Crippen LogP contribution in [0.3, 0.4) is 0 Å². The molecule has 11 heteroatoms. The molecule has 0 fully saturated rings. The molecule has 0 aliphatic rings. The topological polar surface area (TPSA) is 156 Å². The van der Waals surface area contributed by atoms with E-state index >= 15 is 0 Å². The Labute approximate surface area is 186 Å². The molecular weight excluding hydrogens is 428 g/mol. The van der Waals surface area contributed by atoms with Gasteiger partial charge in [-0.15, -0.1) is 0 Å². The Morgan fingerprint density at radius 1 is 0.909 bits per heavy atom. The van der Waals surface area contributed by atoms with Gasteiger partial charge >= 0.3 is 5.69 Å². The van der Waals surface area contributed by atoms with Crippen molar-refractivity contribution in [2.24, 2.45) is 5.10 Å². The number of aromatic nitrogens is 1. The van der Waals surface area contributed by atoms with Gasteiger partial charge < -0.3 is 10.3 Å². The Kier molecular flexibility index (Phi) is 5.76. The van der Waals surface area contributed by atoms with Gasteiger partial charge in [0.2, 0.25) is 0 Å². The molecule has 4 aromatic rings. The average Bonchev–Trinajstić information content (AvgIpc) is 3.23. The van der Waals surface area contributed by atoms with E-state index in [4.69, 9.17) is 0 Å². The lowest BCUT2D eigenvalue weighted by molar-refractivity contribution is -0.393. The van der Waals surface area contributed by atoms with Gasteiger partial charge in [-0.1, -0.05) is 36.4 Å². The molecule has 3 aromatic carbocycles. The lowest BCUT2D eigenvalue weighted by atomic mass is 10.1. The van der Waals surface area contributed by atoms with Crippen molar-refractivity contribution >= 4 is 45.3 Å². The van der Waals surface area contributed by atoms with Crippen molar-refractivity contribution < 1.29 is 14.6 Å². The highest BCUT2D eigenvalue weighted by molar-refractivity contribution is 6.50. The Balaban J connectivity index is 1.76. The van der Waals surface area contributed by atoms with Crippen molar-refractivity contribution in [3.05, 3.63) is 105 Å². The highest BCUT2D eigenvalue weighted by Crippen LogP contribution is 2.29. The van der Waals surface area contributed by atoms with E-state index in [1.807, 2.05) is 12.1 Å². The Bertz CT molecular complexity index is 1400. The molecule has 1 heterocycles. The third-order valence-corrected chi connectivity index (χ3v) is 4.77. The van der Waals surface area contributed by atoms with Crippen molar-refractivity contribution in [3.8, 4) is 0 Å². The van der Waals surface area contributed by atoms with Crippen LogP contribution in [0.2, 0.25) is 0 Å². The minimum Gasteiger partial charge on any atom is -0.360 e. The number of nitro groups is 2. The molecule has 0 saturated carbocycles. The highest BCUT2D eigenvalue weighted by atomic mass is 16.6. The third kappa shape index (κ3) is 4.51. The first-order valence-electron chi connectivity index (χ1n) is 9.63. The zero-order valence-corrected chi connectivity index (χ0v) is 16.9. The second-order valence-corrected chi connectivity index (χ2v) is 6.86. The number of para-hydroxylation sites is 2. The molecule has 11 nitrogen and oxygen atoms in total. The minimum atomic E-state index is -0.764. The van der Waals surface area contributed by atoms with Crippen LogP contribution in [-0.2, 0) is 4.79 Å². The fourth-order valence-corrected chi connectivity index (χ4v) is 3.21. The average molecular weight is 444 g/mol. The van der Waals surface area contributed by atoms with Crippen molar-refractivity contribution in [1.82, 2.24) is 4.98 Å². The number of hydrazone groups is 1. The number of nitro benzene ring substituents is 2. The van der Waals surface area contributed by atoms with E-state index in [-0.39, 0.29) is 11.4 Å². The number of H-pyrrole nitrogens is 1. The zero-order valence-electron chi connectivity index (χ0n) is 16.9. The summed E-state index contributed by atoms with van der Waals surface area (Å²) in [6.45, 7) is 0. The highest BCUT2D eigenvalue weighted by Gasteiger charge is 2.22. The van der Waals surface area contributed by atoms with E-state index in [0.29, 0.717) is 11.3 Å². The number of amides is 1. The first-order valence-corrected chi connectivity index (χ1v) is 9.63. The number of carbonyl (C=O) groups excluding carboxylic acids is 1. The molecule has 0 aliphatic heterocycles. The van der Waals surface area contributed by atoms with Crippen LogP contribution >= 0.6 is 0 Å². The van der Waals surface area contributed by atoms with Crippen LogP contribution in [0.5, 0.6) is 0 Å². The molecule has 0 saturated heterocycles. The maximum absolute atomic E-state index is 13.1. The maximum Gasteiger partial charge on any atom is 0.301 e. The minimum absolute atomic E-state index is 0.0380. The first kappa shape index (κ1) is 21.2. The summed E-state index contributed by atoms with van der Waals surface area (Å²) in [5.74, 6) is -0.553. The summed E-state index contributed by atoms with van der Waals surface area (Å²) >= 11 is 0. The molecule has 0 aliphatic carbocycles. The second kappa shape index (κ2) is 8.98.